The molecule has 7 heteroatoms. The fourth-order valence-corrected chi connectivity index (χ4v) is 3.75. The van der Waals surface area contributed by atoms with E-state index in [9.17, 15) is 4.79 Å². The van der Waals surface area contributed by atoms with Crippen LogP contribution < -0.4 is 10.6 Å². The summed E-state index contributed by atoms with van der Waals surface area (Å²) in [4.78, 5) is 17.9. The molecular formula is C14H19N5OS. The number of hydrogen-bond donors (Lipinski definition) is 2. The average molecular weight is 305 g/mol. The SMILES string of the molecule is Cc1nc2c(s1)CCC[C@H]2CNC(=O)Nc1ccn(C)n1. The fourth-order valence-electron chi connectivity index (χ4n) is 2.69. The number of carbonyl (C=O) groups is 1. The van der Waals surface area contributed by atoms with Gasteiger partial charge in [0.05, 0.1) is 10.7 Å². The quantitative estimate of drug-likeness (QED) is 0.915. The number of rotatable bonds is 3. The lowest BCUT2D eigenvalue weighted by Crippen LogP contribution is -2.33. The van der Waals surface area contributed by atoms with Crippen LogP contribution in [-0.4, -0.2) is 27.3 Å². The van der Waals surface area contributed by atoms with E-state index in [0.29, 0.717) is 18.3 Å². The van der Waals surface area contributed by atoms with Crippen LogP contribution in [0.3, 0.4) is 0 Å². The Balaban J connectivity index is 1.57. The fraction of sp³-hybridized carbons (Fsp3) is 0.500. The topological polar surface area (TPSA) is 71.8 Å². The van der Waals surface area contributed by atoms with Crippen LogP contribution in [0.5, 0.6) is 0 Å². The maximum atomic E-state index is 11.9. The molecule has 0 bridgehead atoms. The number of amides is 2. The number of nitrogens with one attached hydrogen (secondary N) is 2. The number of thiazole rings is 1. The second-order valence-corrected chi connectivity index (χ2v) is 6.63. The van der Waals surface area contributed by atoms with E-state index < -0.39 is 0 Å². The maximum absolute atomic E-state index is 11.9. The maximum Gasteiger partial charge on any atom is 0.320 e. The molecule has 0 unspecified atom stereocenters. The van der Waals surface area contributed by atoms with Crippen molar-refractivity contribution in [3.05, 3.63) is 27.8 Å². The molecule has 2 heterocycles. The predicted molar refractivity (Wildman–Crippen MR) is 82.8 cm³/mol. The minimum Gasteiger partial charge on any atom is -0.337 e. The summed E-state index contributed by atoms with van der Waals surface area (Å²) in [7, 11) is 1.82. The second kappa shape index (κ2) is 5.85. The zero-order valence-corrected chi connectivity index (χ0v) is 13.0. The summed E-state index contributed by atoms with van der Waals surface area (Å²) in [6.45, 7) is 2.66. The van der Waals surface area contributed by atoms with Crippen LogP contribution in [0.4, 0.5) is 10.6 Å². The number of urea groups is 1. The Morgan fingerprint density at radius 1 is 1.57 bits per heavy atom. The molecule has 2 aromatic rings. The van der Waals surface area contributed by atoms with Gasteiger partial charge >= 0.3 is 6.03 Å². The Hall–Kier alpha value is -1.89. The van der Waals surface area contributed by atoms with Crippen molar-refractivity contribution in [1.82, 2.24) is 20.1 Å². The normalized spacial score (nSPS) is 17.3. The van der Waals surface area contributed by atoms with Gasteiger partial charge in [-0.2, -0.15) is 5.10 Å². The highest BCUT2D eigenvalue weighted by Crippen LogP contribution is 2.34. The monoisotopic (exact) mass is 305 g/mol. The summed E-state index contributed by atoms with van der Waals surface area (Å²) >= 11 is 1.78. The molecule has 3 rings (SSSR count). The van der Waals surface area contributed by atoms with Gasteiger partial charge in [0, 0.05) is 36.7 Å². The van der Waals surface area contributed by atoms with Gasteiger partial charge in [0.1, 0.15) is 0 Å². The number of anilines is 1. The number of aryl methyl sites for hydroxylation is 3. The van der Waals surface area contributed by atoms with Gasteiger partial charge in [-0.1, -0.05) is 0 Å². The first-order chi connectivity index (χ1) is 10.1. The van der Waals surface area contributed by atoms with Crippen molar-refractivity contribution < 1.29 is 4.79 Å². The molecule has 1 atom stereocenters. The molecule has 1 aliphatic carbocycles. The van der Waals surface area contributed by atoms with E-state index >= 15 is 0 Å². The Bertz CT molecular complexity index is 648. The van der Waals surface area contributed by atoms with Crippen LogP contribution in [0, 0.1) is 6.92 Å². The van der Waals surface area contributed by atoms with Gasteiger partial charge < -0.3 is 5.32 Å². The first-order valence-electron chi connectivity index (χ1n) is 7.12. The van der Waals surface area contributed by atoms with Gasteiger partial charge in [0.2, 0.25) is 0 Å². The molecule has 2 aromatic heterocycles. The van der Waals surface area contributed by atoms with E-state index in [2.05, 4.69) is 20.7 Å². The van der Waals surface area contributed by atoms with Crippen LogP contribution in [0.2, 0.25) is 0 Å². The lowest BCUT2D eigenvalue weighted by atomic mass is 9.91. The largest absolute Gasteiger partial charge is 0.337 e. The summed E-state index contributed by atoms with van der Waals surface area (Å²) in [5, 5.41) is 10.9. The summed E-state index contributed by atoms with van der Waals surface area (Å²) in [6.07, 6.45) is 5.17. The minimum absolute atomic E-state index is 0.215. The van der Waals surface area contributed by atoms with E-state index in [4.69, 9.17) is 0 Å². The molecule has 2 amide bonds. The summed E-state index contributed by atoms with van der Waals surface area (Å²) in [5.74, 6) is 0.886. The van der Waals surface area contributed by atoms with E-state index in [1.165, 1.54) is 17.0 Å². The Labute approximate surface area is 127 Å². The highest BCUT2D eigenvalue weighted by atomic mass is 32.1. The molecule has 6 nitrogen and oxygen atoms in total. The van der Waals surface area contributed by atoms with Gasteiger partial charge in [0.25, 0.3) is 0 Å². The van der Waals surface area contributed by atoms with E-state index in [1.54, 1.807) is 28.3 Å². The highest BCUT2D eigenvalue weighted by molar-refractivity contribution is 7.11. The molecule has 0 aliphatic heterocycles. The number of aromatic nitrogens is 3. The molecule has 0 saturated heterocycles. The molecule has 0 aromatic carbocycles. The van der Waals surface area contributed by atoms with Gasteiger partial charge in [-0.3, -0.25) is 10.00 Å². The van der Waals surface area contributed by atoms with Crippen LogP contribution in [0.25, 0.3) is 0 Å². The molecule has 1 aliphatic rings. The molecule has 0 fully saturated rings. The summed E-state index contributed by atoms with van der Waals surface area (Å²) in [6, 6.07) is 1.55. The summed E-state index contributed by atoms with van der Waals surface area (Å²) in [5.41, 5.74) is 1.18. The number of carbonyl (C=O) groups excluding carboxylic acids is 1. The van der Waals surface area contributed by atoms with Crippen LogP contribution >= 0.6 is 11.3 Å². The van der Waals surface area contributed by atoms with Gasteiger partial charge in [0.15, 0.2) is 5.82 Å². The van der Waals surface area contributed by atoms with Crippen molar-refractivity contribution >= 4 is 23.2 Å². The third-order valence-corrected chi connectivity index (χ3v) is 4.69. The van der Waals surface area contributed by atoms with Crippen molar-refractivity contribution in [1.29, 1.82) is 0 Å². The lowest BCUT2D eigenvalue weighted by Gasteiger charge is -2.21. The van der Waals surface area contributed by atoms with Crippen molar-refractivity contribution in [2.24, 2.45) is 7.05 Å². The smallest absolute Gasteiger partial charge is 0.320 e. The third kappa shape index (κ3) is 3.24. The first kappa shape index (κ1) is 14.1. The number of nitrogens with zero attached hydrogens (tertiary/aromatic N) is 3. The number of fused-ring (bicyclic) bond motifs is 1. The zero-order valence-electron chi connectivity index (χ0n) is 12.2. The highest BCUT2D eigenvalue weighted by Gasteiger charge is 2.24. The average Bonchev–Trinajstić information content (AvgIpc) is 3.01. The van der Waals surface area contributed by atoms with Crippen LogP contribution in [0.15, 0.2) is 12.3 Å². The third-order valence-electron chi connectivity index (χ3n) is 3.64. The molecule has 0 spiro atoms. The molecule has 2 N–H and O–H groups in total. The Kier molecular flexibility index (Phi) is 3.92. The molecule has 0 saturated carbocycles. The predicted octanol–water partition coefficient (Wildman–Crippen LogP) is 2.43. The van der Waals surface area contributed by atoms with Crippen molar-refractivity contribution in [2.45, 2.75) is 32.1 Å². The standard InChI is InChI=1S/C14H19N5OS/c1-9-16-13-10(4-3-5-11(13)21-9)8-15-14(20)17-12-6-7-19(2)18-12/h6-7,10H,3-5,8H2,1-2H3,(H2,15,17,18,20)/t10-/m0/s1. The Morgan fingerprint density at radius 2 is 2.43 bits per heavy atom. The first-order valence-corrected chi connectivity index (χ1v) is 7.94. The number of hydrogen-bond acceptors (Lipinski definition) is 4. The second-order valence-electron chi connectivity index (χ2n) is 5.34. The molecule has 112 valence electrons. The molecular weight excluding hydrogens is 286 g/mol. The van der Waals surface area contributed by atoms with E-state index in [0.717, 1.165) is 17.8 Å². The van der Waals surface area contributed by atoms with Crippen LogP contribution in [0.1, 0.15) is 34.3 Å². The lowest BCUT2D eigenvalue weighted by molar-refractivity contribution is 0.251. The van der Waals surface area contributed by atoms with Crippen LogP contribution in [-0.2, 0) is 13.5 Å². The Morgan fingerprint density at radius 3 is 3.19 bits per heavy atom. The van der Waals surface area contributed by atoms with Crippen molar-refractivity contribution in [3.8, 4) is 0 Å². The van der Waals surface area contributed by atoms with E-state index in [-0.39, 0.29) is 6.03 Å². The van der Waals surface area contributed by atoms with Crippen molar-refractivity contribution in [3.63, 3.8) is 0 Å². The van der Waals surface area contributed by atoms with Gasteiger partial charge in [-0.05, 0) is 26.2 Å². The van der Waals surface area contributed by atoms with E-state index in [1.807, 2.05) is 14.0 Å². The summed E-state index contributed by atoms with van der Waals surface area (Å²) < 4.78 is 1.65. The van der Waals surface area contributed by atoms with Crippen molar-refractivity contribution in [2.75, 3.05) is 11.9 Å². The van der Waals surface area contributed by atoms with Gasteiger partial charge in [-0.15, -0.1) is 11.3 Å². The molecule has 21 heavy (non-hydrogen) atoms. The van der Waals surface area contributed by atoms with Gasteiger partial charge in [-0.25, -0.2) is 9.78 Å². The molecule has 0 radical (unpaired) electrons. The minimum atomic E-state index is -0.215. The zero-order chi connectivity index (χ0) is 14.8.